The summed E-state index contributed by atoms with van der Waals surface area (Å²) in [6.07, 6.45) is 3.74. The third-order valence-corrected chi connectivity index (χ3v) is 6.17. The Hall–Kier alpha value is -1.63. The van der Waals surface area contributed by atoms with Gasteiger partial charge in [0.15, 0.2) is 0 Å². The molecule has 27 heavy (non-hydrogen) atoms. The molecule has 0 atom stereocenters. The highest BCUT2D eigenvalue weighted by molar-refractivity contribution is 8.02. The Morgan fingerprint density at radius 1 is 1.22 bits per heavy atom. The van der Waals surface area contributed by atoms with Crippen LogP contribution in [0, 0.1) is 6.92 Å². The molecule has 1 amide bonds. The van der Waals surface area contributed by atoms with E-state index < -0.39 is 0 Å². The number of hydrogen-bond donors (Lipinski definition) is 0. The number of aryl methyl sites for hydroxylation is 1. The van der Waals surface area contributed by atoms with Crippen molar-refractivity contribution in [1.29, 1.82) is 0 Å². The maximum absolute atomic E-state index is 12.5. The number of rotatable bonds is 7. The van der Waals surface area contributed by atoms with Crippen LogP contribution in [0.5, 0.6) is 0 Å². The fourth-order valence-electron chi connectivity index (χ4n) is 3.15. The molecular weight excluding hydrogens is 374 g/mol. The number of amides is 1. The van der Waals surface area contributed by atoms with Gasteiger partial charge in [0.1, 0.15) is 0 Å². The lowest BCUT2D eigenvalue weighted by molar-refractivity contribution is -0.130. The van der Waals surface area contributed by atoms with Gasteiger partial charge in [-0.05, 0) is 30.4 Å². The van der Waals surface area contributed by atoms with Gasteiger partial charge in [-0.1, -0.05) is 30.3 Å². The highest BCUT2D eigenvalue weighted by atomic mass is 32.2. The number of aromatic nitrogens is 1. The van der Waals surface area contributed by atoms with E-state index in [2.05, 4.69) is 38.9 Å². The lowest BCUT2D eigenvalue weighted by Gasteiger charge is -2.21. The summed E-state index contributed by atoms with van der Waals surface area (Å²) >= 11 is 3.41. The second-order valence-corrected chi connectivity index (χ2v) is 8.78. The topological polar surface area (TPSA) is 36.4 Å². The van der Waals surface area contributed by atoms with Crippen LogP contribution in [-0.2, 0) is 11.3 Å². The predicted molar refractivity (Wildman–Crippen MR) is 116 cm³/mol. The molecule has 0 N–H and O–H groups in total. The van der Waals surface area contributed by atoms with E-state index in [1.807, 2.05) is 30.0 Å². The Kier molecular flexibility index (Phi) is 7.93. The Morgan fingerprint density at radius 3 is 2.85 bits per heavy atom. The van der Waals surface area contributed by atoms with E-state index in [-0.39, 0.29) is 5.91 Å². The minimum Gasteiger partial charge on any atom is -0.341 e. The van der Waals surface area contributed by atoms with Crippen molar-refractivity contribution in [3.63, 3.8) is 0 Å². The Morgan fingerprint density at radius 2 is 2.07 bits per heavy atom. The van der Waals surface area contributed by atoms with Crippen LogP contribution in [0.4, 0.5) is 0 Å². The van der Waals surface area contributed by atoms with Crippen LogP contribution in [0.1, 0.15) is 29.1 Å². The zero-order chi connectivity index (χ0) is 18.9. The number of carbonyl (C=O) groups excluding carboxylic acids is 1. The molecule has 1 aliphatic rings. The summed E-state index contributed by atoms with van der Waals surface area (Å²) in [5.41, 5.74) is 2.35. The van der Waals surface area contributed by atoms with Gasteiger partial charge in [-0.3, -0.25) is 9.69 Å². The lowest BCUT2D eigenvalue weighted by Crippen LogP contribution is -2.35. The molecule has 2 heterocycles. The number of nitrogens with zero attached hydrogens (tertiary/aromatic N) is 3. The zero-order valence-electron chi connectivity index (χ0n) is 15.8. The first kappa shape index (κ1) is 20.1. The van der Waals surface area contributed by atoms with E-state index in [9.17, 15) is 4.79 Å². The molecule has 3 rings (SSSR count). The predicted octanol–water partition coefficient (Wildman–Crippen LogP) is 4.28. The molecule has 1 saturated heterocycles. The molecule has 1 aliphatic heterocycles. The number of carbonyl (C=O) groups is 1. The van der Waals surface area contributed by atoms with E-state index in [0.717, 1.165) is 55.6 Å². The normalized spacial score (nSPS) is 16.0. The molecule has 144 valence electrons. The number of thiazole rings is 1. The van der Waals surface area contributed by atoms with Gasteiger partial charge in [0, 0.05) is 50.3 Å². The molecule has 0 aliphatic carbocycles. The van der Waals surface area contributed by atoms with Crippen LogP contribution < -0.4 is 0 Å². The molecule has 0 spiro atoms. The Balaban J connectivity index is 1.37. The van der Waals surface area contributed by atoms with Crippen LogP contribution in [0.3, 0.4) is 0 Å². The van der Waals surface area contributed by atoms with Gasteiger partial charge in [-0.25, -0.2) is 4.98 Å². The molecular formula is C21H27N3OS2. The van der Waals surface area contributed by atoms with E-state index >= 15 is 0 Å². The summed E-state index contributed by atoms with van der Waals surface area (Å²) in [6.45, 7) is 6.61. The summed E-state index contributed by atoms with van der Waals surface area (Å²) in [6, 6.07) is 10.2. The van der Waals surface area contributed by atoms with Crippen LogP contribution in [-0.4, -0.2) is 52.6 Å². The quantitative estimate of drug-likeness (QED) is 0.649. The first-order valence-electron chi connectivity index (χ1n) is 9.45. The first-order chi connectivity index (χ1) is 13.2. The summed E-state index contributed by atoms with van der Waals surface area (Å²) in [5.74, 6) is 1.11. The fraction of sp³-hybridized carbons (Fsp3) is 0.429. The molecule has 4 nitrogen and oxygen atoms in total. The minimum absolute atomic E-state index is 0.280. The van der Waals surface area contributed by atoms with Crippen molar-refractivity contribution in [1.82, 2.24) is 14.8 Å². The largest absolute Gasteiger partial charge is 0.341 e. The SMILES string of the molecule is Cc1nc(CN2CCCN(C(=O)CCSC=Cc3ccccc3)CC2)cs1. The molecule has 0 bridgehead atoms. The first-order valence-corrected chi connectivity index (χ1v) is 11.4. The van der Waals surface area contributed by atoms with Crippen LogP contribution >= 0.6 is 23.1 Å². The molecule has 0 unspecified atom stereocenters. The third-order valence-electron chi connectivity index (χ3n) is 4.58. The van der Waals surface area contributed by atoms with Gasteiger partial charge in [0.25, 0.3) is 0 Å². The van der Waals surface area contributed by atoms with E-state index in [1.54, 1.807) is 23.1 Å². The molecule has 1 aromatic heterocycles. The Labute approximate surface area is 170 Å². The van der Waals surface area contributed by atoms with Crippen molar-refractivity contribution in [3.8, 4) is 0 Å². The number of thioether (sulfide) groups is 1. The van der Waals surface area contributed by atoms with Crippen molar-refractivity contribution in [2.75, 3.05) is 31.9 Å². The number of hydrogen-bond acceptors (Lipinski definition) is 5. The summed E-state index contributed by atoms with van der Waals surface area (Å²) in [4.78, 5) is 21.5. The van der Waals surface area contributed by atoms with Crippen molar-refractivity contribution in [2.45, 2.75) is 26.3 Å². The number of benzene rings is 1. The van der Waals surface area contributed by atoms with Gasteiger partial charge in [-0.15, -0.1) is 23.1 Å². The maximum atomic E-state index is 12.5. The van der Waals surface area contributed by atoms with E-state index in [1.165, 1.54) is 5.56 Å². The molecule has 0 saturated carbocycles. The van der Waals surface area contributed by atoms with Crippen molar-refractivity contribution < 1.29 is 4.79 Å². The average Bonchev–Trinajstić information content (AvgIpc) is 2.94. The van der Waals surface area contributed by atoms with Crippen molar-refractivity contribution in [3.05, 3.63) is 57.4 Å². The van der Waals surface area contributed by atoms with Crippen molar-refractivity contribution in [2.24, 2.45) is 0 Å². The average molecular weight is 402 g/mol. The van der Waals surface area contributed by atoms with Gasteiger partial charge in [0.2, 0.25) is 5.91 Å². The highest BCUT2D eigenvalue weighted by Gasteiger charge is 2.19. The molecule has 1 fully saturated rings. The molecule has 2 aromatic rings. The Bertz CT molecular complexity index is 745. The van der Waals surface area contributed by atoms with Crippen LogP contribution in [0.15, 0.2) is 41.1 Å². The standard InChI is InChI=1S/C21H27N3OS2/c1-18-22-20(17-27-18)16-23-10-5-11-24(13-12-23)21(25)9-15-26-14-8-19-6-3-2-4-7-19/h2-4,6-8,14,17H,5,9-13,15-16H2,1H3. The second kappa shape index (κ2) is 10.6. The highest BCUT2D eigenvalue weighted by Crippen LogP contribution is 2.14. The van der Waals surface area contributed by atoms with Crippen molar-refractivity contribution >= 4 is 35.1 Å². The minimum atomic E-state index is 0.280. The third kappa shape index (κ3) is 6.79. The second-order valence-electron chi connectivity index (χ2n) is 6.70. The fourth-order valence-corrected chi connectivity index (χ4v) is 4.44. The van der Waals surface area contributed by atoms with Gasteiger partial charge < -0.3 is 4.90 Å². The smallest absolute Gasteiger partial charge is 0.223 e. The van der Waals surface area contributed by atoms with Crippen LogP contribution in [0.25, 0.3) is 6.08 Å². The van der Waals surface area contributed by atoms with Gasteiger partial charge in [0.05, 0.1) is 10.7 Å². The van der Waals surface area contributed by atoms with Gasteiger partial charge in [-0.2, -0.15) is 0 Å². The zero-order valence-corrected chi connectivity index (χ0v) is 17.5. The van der Waals surface area contributed by atoms with Gasteiger partial charge >= 0.3 is 0 Å². The summed E-state index contributed by atoms with van der Waals surface area (Å²) < 4.78 is 0. The lowest BCUT2D eigenvalue weighted by atomic mass is 10.2. The molecule has 1 aromatic carbocycles. The molecule has 0 radical (unpaired) electrons. The van der Waals surface area contributed by atoms with E-state index in [4.69, 9.17) is 0 Å². The monoisotopic (exact) mass is 401 g/mol. The van der Waals surface area contributed by atoms with E-state index in [0.29, 0.717) is 6.42 Å². The maximum Gasteiger partial charge on any atom is 0.223 e. The summed E-state index contributed by atoms with van der Waals surface area (Å²) in [7, 11) is 0. The summed E-state index contributed by atoms with van der Waals surface area (Å²) in [5, 5.41) is 5.35. The van der Waals surface area contributed by atoms with Crippen LogP contribution in [0.2, 0.25) is 0 Å². The molecule has 6 heteroatoms.